The Balaban J connectivity index is 1.49. The number of hydrogen-bond acceptors (Lipinski definition) is 7. The monoisotopic (exact) mass is 366 g/mol. The van der Waals surface area contributed by atoms with Crippen LogP contribution in [0.1, 0.15) is 27.7 Å². The Morgan fingerprint density at radius 3 is 2.96 bits per heavy atom. The molecule has 3 heterocycles. The minimum atomic E-state index is -0.550. The first-order chi connectivity index (χ1) is 11.5. The number of rotatable bonds is 5. The van der Waals surface area contributed by atoms with Crippen LogP contribution in [0.5, 0.6) is 0 Å². The van der Waals surface area contributed by atoms with Gasteiger partial charge in [0.2, 0.25) is 5.91 Å². The summed E-state index contributed by atoms with van der Waals surface area (Å²) in [6.07, 6.45) is 0.534. The van der Waals surface area contributed by atoms with E-state index < -0.39 is 6.10 Å². The van der Waals surface area contributed by atoms with Gasteiger partial charge in [-0.3, -0.25) is 9.69 Å². The molecule has 2 unspecified atom stereocenters. The van der Waals surface area contributed by atoms with E-state index in [4.69, 9.17) is 0 Å². The zero-order valence-electron chi connectivity index (χ0n) is 13.9. The third-order valence-corrected chi connectivity index (χ3v) is 5.91. The molecule has 0 spiro atoms. The van der Waals surface area contributed by atoms with Gasteiger partial charge in [-0.25, -0.2) is 9.97 Å². The molecule has 1 saturated heterocycles. The quantitative estimate of drug-likeness (QED) is 0.839. The van der Waals surface area contributed by atoms with Gasteiger partial charge in [0.25, 0.3) is 0 Å². The van der Waals surface area contributed by atoms with Gasteiger partial charge >= 0.3 is 0 Å². The highest BCUT2D eigenvalue weighted by atomic mass is 32.1. The molecule has 0 saturated carbocycles. The van der Waals surface area contributed by atoms with Crippen molar-refractivity contribution >= 4 is 28.6 Å². The molecule has 1 aliphatic heterocycles. The number of carbonyl (C=O) groups excluding carboxylic acids is 1. The van der Waals surface area contributed by atoms with Gasteiger partial charge in [0.05, 0.1) is 40.5 Å². The first-order valence-electron chi connectivity index (χ1n) is 8.01. The van der Waals surface area contributed by atoms with Crippen LogP contribution >= 0.6 is 22.7 Å². The number of likely N-dealkylation sites (tertiary alicyclic amines) is 1. The number of aromatic nitrogens is 2. The lowest BCUT2D eigenvalue weighted by atomic mass is 10.0. The number of piperidine rings is 1. The van der Waals surface area contributed by atoms with Crippen molar-refractivity contribution in [3.05, 3.63) is 32.2 Å². The zero-order chi connectivity index (χ0) is 17.1. The van der Waals surface area contributed by atoms with E-state index >= 15 is 0 Å². The third-order valence-electron chi connectivity index (χ3n) is 4.20. The van der Waals surface area contributed by atoms with Crippen LogP contribution in [0.25, 0.3) is 0 Å². The molecule has 2 atom stereocenters. The van der Waals surface area contributed by atoms with Crippen LogP contribution in [0, 0.1) is 13.8 Å². The summed E-state index contributed by atoms with van der Waals surface area (Å²) in [5.41, 5.74) is 3.78. The molecule has 1 fully saturated rings. The number of aliphatic hydroxyl groups is 1. The number of aryl methyl sites for hydroxylation is 2. The second-order valence-electron chi connectivity index (χ2n) is 6.16. The van der Waals surface area contributed by atoms with Crippen molar-refractivity contribution in [1.82, 2.24) is 20.2 Å². The Bertz CT molecular complexity index is 686. The molecule has 1 amide bonds. The van der Waals surface area contributed by atoms with E-state index in [-0.39, 0.29) is 11.9 Å². The van der Waals surface area contributed by atoms with Crippen LogP contribution in [0.2, 0.25) is 0 Å². The van der Waals surface area contributed by atoms with E-state index in [9.17, 15) is 9.90 Å². The molecule has 0 aliphatic carbocycles. The number of thiazole rings is 2. The molecule has 2 N–H and O–H groups in total. The third kappa shape index (κ3) is 4.38. The smallest absolute Gasteiger partial charge is 0.225 e. The largest absolute Gasteiger partial charge is 0.390 e. The summed E-state index contributed by atoms with van der Waals surface area (Å²) < 4.78 is 0. The van der Waals surface area contributed by atoms with Gasteiger partial charge in [-0.1, -0.05) is 0 Å². The van der Waals surface area contributed by atoms with Crippen molar-refractivity contribution in [3.8, 4) is 0 Å². The van der Waals surface area contributed by atoms with Gasteiger partial charge in [0.1, 0.15) is 0 Å². The van der Waals surface area contributed by atoms with Gasteiger partial charge in [-0.05, 0) is 20.3 Å². The summed E-state index contributed by atoms with van der Waals surface area (Å²) in [6.45, 7) is 6.03. The second kappa shape index (κ2) is 7.69. The summed E-state index contributed by atoms with van der Waals surface area (Å²) in [5, 5.41) is 16.3. The van der Waals surface area contributed by atoms with Crippen molar-refractivity contribution in [2.24, 2.45) is 0 Å². The van der Waals surface area contributed by atoms with Crippen molar-refractivity contribution < 1.29 is 9.90 Å². The molecule has 2 aromatic rings. The highest BCUT2D eigenvalue weighted by molar-refractivity contribution is 7.11. The highest BCUT2D eigenvalue weighted by Crippen LogP contribution is 2.19. The number of nitrogens with zero attached hydrogens (tertiary/aromatic N) is 3. The average Bonchev–Trinajstić information content (AvgIpc) is 3.12. The minimum Gasteiger partial charge on any atom is -0.390 e. The van der Waals surface area contributed by atoms with Gasteiger partial charge < -0.3 is 10.4 Å². The van der Waals surface area contributed by atoms with E-state index in [1.807, 2.05) is 24.7 Å². The zero-order valence-corrected chi connectivity index (χ0v) is 15.5. The number of amides is 1. The molecule has 0 radical (unpaired) electrons. The molecule has 1 aliphatic rings. The van der Waals surface area contributed by atoms with Crippen LogP contribution in [0.4, 0.5) is 0 Å². The van der Waals surface area contributed by atoms with E-state index in [1.54, 1.807) is 22.7 Å². The van der Waals surface area contributed by atoms with Crippen molar-refractivity contribution in [1.29, 1.82) is 0 Å². The lowest BCUT2D eigenvalue weighted by Gasteiger charge is -2.35. The molecule has 6 nitrogen and oxygen atoms in total. The Morgan fingerprint density at radius 1 is 1.50 bits per heavy atom. The molecule has 8 heteroatoms. The van der Waals surface area contributed by atoms with Gasteiger partial charge in [0, 0.05) is 29.9 Å². The fraction of sp³-hybridized carbons (Fsp3) is 0.562. The minimum absolute atomic E-state index is 0.0428. The van der Waals surface area contributed by atoms with Gasteiger partial charge in [0.15, 0.2) is 0 Å². The number of β-amino-alcohol motifs (C(OH)–C–C–N with tert-alkyl or cyclic N) is 1. The van der Waals surface area contributed by atoms with Gasteiger partial charge in [-0.15, -0.1) is 22.7 Å². The van der Waals surface area contributed by atoms with Crippen LogP contribution in [0.3, 0.4) is 0 Å². The Morgan fingerprint density at radius 2 is 2.33 bits per heavy atom. The summed E-state index contributed by atoms with van der Waals surface area (Å²) in [6, 6.07) is -0.182. The Labute approximate surface area is 149 Å². The predicted molar refractivity (Wildman–Crippen MR) is 95.2 cm³/mol. The van der Waals surface area contributed by atoms with Crippen LogP contribution in [-0.4, -0.2) is 51.1 Å². The fourth-order valence-corrected chi connectivity index (χ4v) is 4.48. The lowest BCUT2D eigenvalue weighted by molar-refractivity contribution is -0.122. The normalized spacial score (nSPS) is 21.8. The fourth-order valence-electron chi connectivity index (χ4n) is 2.99. The van der Waals surface area contributed by atoms with Crippen LogP contribution in [-0.2, 0) is 17.8 Å². The highest BCUT2D eigenvalue weighted by Gasteiger charge is 2.29. The van der Waals surface area contributed by atoms with Crippen molar-refractivity contribution in [2.75, 3.05) is 13.1 Å². The number of aliphatic hydroxyl groups excluding tert-OH is 1. The number of nitrogens with one attached hydrogen (secondary N) is 1. The molecular formula is C16H22N4O2S2. The Hall–Kier alpha value is -1.35. The van der Waals surface area contributed by atoms with E-state index in [0.29, 0.717) is 13.0 Å². The first-order valence-corrected chi connectivity index (χ1v) is 9.77. The topological polar surface area (TPSA) is 78.4 Å². The second-order valence-corrected chi connectivity index (χ2v) is 8.17. The summed E-state index contributed by atoms with van der Waals surface area (Å²) in [4.78, 5) is 24.1. The SMILES string of the molecule is Cc1nc(C)c(CC(=O)NC2CCN(Cc3cscn3)CC2O)s1. The van der Waals surface area contributed by atoms with Crippen molar-refractivity contribution in [3.63, 3.8) is 0 Å². The molecule has 130 valence electrons. The van der Waals surface area contributed by atoms with Crippen LogP contribution < -0.4 is 5.32 Å². The van der Waals surface area contributed by atoms with E-state index in [1.165, 1.54) is 0 Å². The molecule has 24 heavy (non-hydrogen) atoms. The van der Waals surface area contributed by atoms with Crippen molar-refractivity contribution in [2.45, 2.75) is 45.4 Å². The molecule has 2 aromatic heterocycles. The Kier molecular flexibility index (Phi) is 5.60. The average molecular weight is 367 g/mol. The number of hydrogen-bond donors (Lipinski definition) is 2. The maximum absolute atomic E-state index is 12.3. The summed E-state index contributed by atoms with van der Waals surface area (Å²) in [5.74, 6) is -0.0428. The molecular weight excluding hydrogens is 344 g/mol. The summed E-state index contributed by atoms with van der Waals surface area (Å²) in [7, 11) is 0. The molecule has 3 rings (SSSR count). The maximum Gasteiger partial charge on any atom is 0.225 e. The van der Waals surface area contributed by atoms with E-state index in [0.717, 1.165) is 40.8 Å². The number of carbonyl (C=O) groups is 1. The van der Waals surface area contributed by atoms with E-state index in [2.05, 4.69) is 20.2 Å². The van der Waals surface area contributed by atoms with Crippen LogP contribution in [0.15, 0.2) is 10.9 Å². The first kappa shape index (κ1) is 17.5. The predicted octanol–water partition coefficient (Wildman–Crippen LogP) is 1.51. The molecule has 0 aromatic carbocycles. The molecule has 0 bridgehead atoms. The lowest BCUT2D eigenvalue weighted by Crippen LogP contribution is -2.54. The maximum atomic E-state index is 12.3. The van der Waals surface area contributed by atoms with Gasteiger partial charge in [-0.2, -0.15) is 0 Å². The standard InChI is InChI=1S/C16H22N4O2S2/c1-10-15(24-11(2)18-10)5-16(22)19-13-3-4-20(7-14(13)21)6-12-8-23-9-17-12/h8-9,13-14,21H,3-7H2,1-2H3,(H,19,22). The summed E-state index contributed by atoms with van der Waals surface area (Å²) >= 11 is 3.14.